The van der Waals surface area contributed by atoms with Gasteiger partial charge >= 0.3 is 5.97 Å². The number of Topliss-reactive ketones (excluding diaryl/α,β-unsaturated/α-hetero) is 1. The summed E-state index contributed by atoms with van der Waals surface area (Å²) in [5, 5.41) is 0.890. The van der Waals surface area contributed by atoms with Gasteiger partial charge in [-0.05, 0) is 63.1 Å². The van der Waals surface area contributed by atoms with Crippen LogP contribution in [-0.4, -0.2) is 34.5 Å². The van der Waals surface area contributed by atoms with Gasteiger partial charge in [0.2, 0.25) is 5.78 Å². The van der Waals surface area contributed by atoms with E-state index in [1.54, 1.807) is 31.2 Å². The standard InChI is InChI=1S/C20H21ClN2O4S/c1-10-11(2)17(19(22)26)20(23-12(10)3)28-9-16(24)27-13(4)18(25)14-5-7-15(21)8-6-14/h5-8,13H,9H2,1-4H3,(H2,22,26). The van der Waals surface area contributed by atoms with Gasteiger partial charge in [0.1, 0.15) is 5.03 Å². The lowest BCUT2D eigenvalue weighted by atomic mass is 10.0. The van der Waals surface area contributed by atoms with Crippen molar-refractivity contribution < 1.29 is 19.1 Å². The summed E-state index contributed by atoms with van der Waals surface area (Å²) in [5.74, 6) is -1.62. The smallest absolute Gasteiger partial charge is 0.317 e. The first-order valence-electron chi connectivity index (χ1n) is 8.51. The van der Waals surface area contributed by atoms with Crippen LogP contribution >= 0.6 is 23.4 Å². The Morgan fingerprint density at radius 1 is 1.14 bits per heavy atom. The number of thioether (sulfide) groups is 1. The van der Waals surface area contributed by atoms with E-state index < -0.39 is 18.0 Å². The molecule has 0 saturated carbocycles. The van der Waals surface area contributed by atoms with E-state index in [4.69, 9.17) is 22.1 Å². The molecule has 0 aliphatic rings. The molecule has 0 aliphatic carbocycles. The molecule has 2 rings (SSSR count). The number of aryl methyl sites for hydroxylation is 1. The molecular weight excluding hydrogens is 400 g/mol. The lowest BCUT2D eigenvalue weighted by molar-refractivity contribution is -0.143. The predicted octanol–water partition coefficient (Wildman–Crippen LogP) is 3.67. The minimum Gasteiger partial charge on any atom is -0.454 e. The number of ketones is 1. The number of halogens is 1. The highest BCUT2D eigenvalue weighted by Crippen LogP contribution is 2.27. The molecule has 8 heteroatoms. The molecular formula is C20H21ClN2O4S. The maximum Gasteiger partial charge on any atom is 0.317 e. The molecule has 2 N–H and O–H groups in total. The van der Waals surface area contributed by atoms with Crippen LogP contribution < -0.4 is 5.73 Å². The Balaban J connectivity index is 2.05. The molecule has 1 aromatic heterocycles. The minimum absolute atomic E-state index is 0.104. The summed E-state index contributed by atoms with van der Waals surface area (Å²) < 4.78 is 5.22. The summed E-state index contributed by atoms with van der Waals surface area (Å²) in [7, 11) is 0. The van der Waals surface area contributed by atoms with Crippen LogP contribution in [0.5, 0.6) is 0 Å². The molecule has 1 heterocycles. The van der Waals surface area contributed by atoms with Gasteiger partial charge in [0.25, 0.3) is 5.91 Å². The van der Waals surface area contributed by atoms with Crippen LogP contribution in [-0.2, 0) is 9.53 Å². The van der Waals surface area contributed by atoms with Gasteiger partial charge in [0.15, 0.2) is 6.10 Å². The minimum atomic E-state index is -0.945. The van der Waals surface area contributed by atoms with E-state index >= 15 is 0 Å². The first-order chi connectivity index (χ1) is 13.1. The second-order valence-corrected chi connectivity index (χ2v) is 7.68. The number of hydrogen-bond donors (Lipinski definition) is 1. The number of nitrogens with two attached hydrogens (primary N) is 1. The summed E-state index contributed by atoms with van der Waals surface area (Å²) in [6.45, 7) is 6.98. The number of nitrogens with zero attached hydrogens (tertiary/aromatic N) is 1. The number of amides is 1. The molecule has 2 aromatic rings. The number of pyridine rings is 1. The Morgan fingerprint density at radius 2 is 1.75 bits per heavy atom. The van der Waals surface area contributed by atoms with Crippen molar-refractivity contribution in [1.29, 1.82) is 0 Å². The van der Waals surface area contributed by atoms with Gasteiger partial charge in [0, 0.05) is 16.3 Å². The summed E-state index contributed by atoms with van der Waals surface area (Å²) in [5.41, 5.74) is 8.54. The summed E-state index contributed by atoms with van der Waals surface area (Å²) >= 11 is 6.87. The SMILES string of the molecule is Cc1nc(SCC(=O)OC(C)C(=O)c2ccc(Cl)cc2)c(C(N)=O)c(C)c1C. The molecule has 28 heavy (non-hydrogen) atoms. The van der Waals surface area contributed by atoms with Crippen molar-refractivity contribution in [1.82, 2.24) is 4.98 Å². The molecule has 1 aromatic carbocycles. The van der Waals surface area contributed by atoms with Crippen LogP contribution in [0.25, 0.3) is 0 Å². The predicted molar refractivity (Wildman–Crippen MR) is 109 cm³/mol. The van der Waals surface area contributed by atoms with Gasteiger partial charge in [0.05, 0.1) is 11.3 Å². The Morgan fingerprint density at radius 3 is 2.32 bits per heavy atom. The fourth-order valence-electron chi connectivity index (χ4n) is 2.57. The number of hydrogen-bond acceptors (Lipinski definition) is 6. The van der Waals surface area contributed by atoms with Crippen LogP contribution in [0.4, 0.5) is 0 Å². The fraction of sp³-hybridized carbons (Fsp3) is 0.300. The zero-order valence-corrected chi connectivity index (χ0v) is 17.6. The van der Waals surface area contributed by atoms with Crippen LogP contribution in [0.2, 0.25) is 5.02 Å². The van der Waals surface area contributed by atoms with E-state index in [9.17, 15) is 14.4 Å². The van der Waals surface area contributed by atoms with Crippen molar-refractivity contribution in [3.8, 4) is 0 Å². The first kappa shape index (κ1) is 21.9. The van der Waals surface area contributed by atoms with Crippen LogP contribution in [0.15, 0.2) is 29.3 Å². The van der Waals surface area contributed by atoms with Crippen molar-refractivity contribution in [2.24, 2.45) is 5.73 Å². The largest absolute Gasteiger partial charge is 0.454 e. The van der Waals surface area contributed by atoms with Gasteiger partial charge in [-0.1, -0.05) is 23.4 Å². The van der Waals surface area contributed by atoms with Gasteiger partial charge in [-0.2, -0.15) is 0 Å². The zero-order chi connectivity index (χ0) is 21.0. The van der Waals surface area contributed by atoms with Crippen molar-refractivity contribution in [2.45, 2.75) is 38.8 Å². The highest BCUT2D eigenvalue weighted by atomic mass is 35.5. The van der Waals surface area contributed by atoms with E-state index in [-0.39, 0.29) is 11.5 Å². The Labute approximate surface area is 172 Å². The van der Waals surface area contributed by atoms with Gasteiger partial charge in [-0.15, -0.1) is 0 Å². The Kier molecular flexibility index (Phi) is 7.21. The quantitative estimate of drug-likeness (QED) is 0.416. The normalized spacial score (nSPS) is 11.8. The highest BCUT2D eigenvalue weighted by molar-refractivity contribution is 8.00. The molecule has 1 amide bonds. The van der Waals surface area contributed by atoms with Crippen molar-refractivity contribution in [3.05, 3.63) is 57.2 Å². The number of rotatable bonds is 7. The molecule has 1 atom stereocenters. The lowest BCUT2D eigenvalue weighted by Crippen LogP contribution is -2.25. The number of benzene rings is 1. The summed E-state index contributed by atoms with van der Waals surface area (Å²) in [6.07, 6.45) is -0.945. The molecule has 0 aliphatic heterocycles. The number of ether oxygens (including phenoxy) is 1. The molecule has 0 fully saturated rings. The van der Waals surface area contributed by atoms with E-state index in [2.05, 4.69) is 4.98 Å². The van der Waals surface area contributed by atoms with Gasteiger partial charge in [-0.25, -0.2) is 4.98 Å². The molecule has 0 saturated heterocycles. The van der Waals surface area contributed by atoms with Crippen molar-refractivity contribution in [2.75, 3.05) is 5.75 Å². The van der Waals surface area contributed by atoms with Gasteiger partial charge in [-0.3, -0.25) is 14.4 Å². The summed E-state index contributed by atoms with van der Waals surface area (Å²) in [6, 6.07) is 6.34. The molecule has 148 valence electrons. The fourth-order valence-corrected chi connectivity index (χ4v) is 3.61. The molecule has 0 bridgehead atoms. The lowest BCUT2D eigenvalue weighted by Gasteiger charge is -2.14. The third-order valence-electron chi connectivity index (χ3n) is 4.34. The average molecular weight is 421 g/mol. The second kappa shape index (κ2) is 9.21. The second-order valence-electron chi connectivity index (χ2n) is 6.28. The maximum atomic E-state index is 12.3. The Bertz CT molecular complexity index is 929. The zero-order valence-electron chi connectivity index (χ0n) is 16.0. The molecule has 0 spiro atoms. The molecule has 1 unspecified atom stereocenters. The monoisotopic (exact) mass is 420 g/mol. The third kappa shape index (κ3) is 5.11. The first-order valence-corrected chi connectivity index (χ1v) is 9.87. The number of primary amides is 1. The van der Waals surface area contributed by atoms with E-state index in [0.717, 1.165) is 28.6 Å². The number of esters is 1. The summed E-state index contributed by atoms with van der Waals surface area (Å²) in [4.78, 5) is 40.7. The van der Waals surface area contributed by atoms with Crippen molar-refractivity contribution >= 4 is 41.0 Å². The topological polar surface area (TPSA) is 99.3 Å². The molecule has 6 nitrogen and oxygen atoms in total. The Hall–Kier alpha value is -2.38. The van der Waals surface area contributed by atoms with E-state index in [1.165, 1.54) is 6.92 Å². The number of carbonyl (C=O) groups excluding carboxylic acids is 3. The molecule has 0 radical (unpaired) electrons. The maximum absolute atomic E-state index is 12.3. The van der Waals surface area contributed by atoms with Crippen molar-refractivity contribution in [3.63, 3.8) is 0 Å². The van der Waals surface area contributed by atoms with Crippen LogP contribution in [0.3, 0.4) is 0 Å². The highest BCUT2D eigenvalue weighted by Gasteiger charge is 2.22. The van der Waals surface area contributed by atoms with Crippen LogP contribution in [0, 0.1) is 20.8 Å². The number of aromatic nitrogens is 1. The average Bonchev–Trinajstić information content (AvgIpc) is 2.64. The van der Waals surface area contributed by atoms with Crippen LogP contribution in [0.1, 0.15) is 44.5 Å². The van der Waals surface area contributed by atoms with E-state index in [1.807, 2.05) is 13.8 Å². The third-order valence-corrected chi connectivity index (χ3v) is 5.54. The number of carbonyl (C=O) groups is 3. The van der Waals surface area contributed by atoms with E-state index in [0.29, 0.717) is 21.2 Å². The van der Waals surface area contributed by atoms with Gasteiger partial charge < -0.3 is 10.5 Å².